The Morgan fingerprint density at radius 2 is 1.86 bits per heavy atom. The average Bonchev–Trinajstić information content (AvgIpc) is 2.83. The summed E-state index contributed by atoms with van der Waals surface area (Å²) >= 11 is 0. The first-order chi connectivity index (χ1) is 9.42. The van der Waals surface area contributed by atoms with Gasteiger partial charge >= 0.3 is 11.9 Å². The zero-order valence-electron chi connectivity index (χ0n) is 14.2. The topological polar surface area (TPSA) is 63.6 Å². The molecule has 3 atom stereocenters. The molecule has 0 aromatic rings. The molecule has 1 rings (SSSR count). The van der Waals surface area contributed by atoms with Gasteiger partial charge in [0.25, 0.3) is 0 Å². The molecule has 0 aromatic heterocycles. The number of esters is 1. The molecular formula is C17H28O4. The van der Waals surface area contributed by atoms with Crippen LogP contribution in [0.2, 0.25) is 0 Å². The second-order valence-electron chi connectivity index (χ2n) is 7.58. The van der Waals surface area contributed by atoms with Crippen molar-refractivity contribution in [3.05, 3.63) is 12.2 Å². The zero-order valence-corrected chi connectivity index (χ0v) is 14.2. The number of ether oxygens (including phenoxy) is 1. The summed E-state index contributed by atoms with van der Waals surface area (Å²) in [6, 6.07) is 0. The van der Waals surface area contributed by atoms with Crippen LogP contribution in [-0.4, -0.2) is 23.1 Å². The molecule has 1 saturated carbocycles. The van der Waals surface area contributed by atoms with Crippen molar-refractivity contribution in [3.63, 3.8) is 0 Å². The Morgan fingerprint density at radius 1 is 1.33 bits per heavy atom. The van der Waals surface area contributed by atoms with Gasteiger partial charge in [0.15, 0.2) is 0 Å². The van der Waals surface area contributed by atoms with E-state index in [1.54, 1.807) is 6.08 Å². The van der Waals surface area contributed by atoms with Crippen LogP contribution in [0.25, 0.3) is 0 Å². The van der Waals surface area contributed by atoms with Crippen LogP contribution >= 0.6 is 0 Å². The lowest BCUT2D eigenvalue weighted by Crippen LogP contribution is -2.35. The Bertz CT molecular complexity index is 456. The van der Waals surface area contributed by atoms with Gasteiger partial charge in [0.2, 0.25) is 0 Å². The molecule has 4 heteroatoms. The fourth-order valence-electron chi connectivity index (χ4n) is 3.85. The van der Waals surface area contributed by atoms with Crippen molar-refractivity contribution < 1.29 is 19.4 Å². The van der Waals surface area contributed by atoms with Gasteiger partial charge in [-0.3, -0.25) is 4.79 Å². The summed E-state index contributed by atoms with van der Waals surface area (Å²) in [5.41, 5.74) is -1.63. The number of hydrogen-bond acceptors (Lipinski definition) is 3. The van der Waals surface area contributed by atoms with E-state index in [2.05, 4.69) is 0 Å². The van der Waals surface area contributed by atoms with Crippen molar-refractivity contribution in [2.45, 2.75) is 61.0 Å². The molecule has 0 saturated heterocycles. The summed E-state index contributed by atoms with van der Waals surface area (Å²) in [5, 5.41) is 9.74. The normalized spacial score (nSPS) is 29.2. The predicted molar refractivity (Wildman–Crippen MR) is 81.8 cm³/mol. The lowest BCUT2D eigenvalue weighted by molar-refractivity contribution is -0.150. The third kappa shape index (κ3) is 2.72. The summed E-state index contributed by atoms with van der Waals surface area (Å²) in [7, 11) is 0. The number of allylic oxidation sites excluding steroid dienone is 1. The molecule has 120 valence electrons. The first-order valence-corrected chi connectivity index (χ1v) is 7.55. The standard InChI is InChI=1S/C17H28O4/c1-8-11(2)21-13(18)10-9-12-16(6,7)17(12,14(19)20)15(3,4)5/h9-12H,8H2,1-7H3,(H,19,20)/b10-9-/t11?,12-,17+/m0/s1. The number of carbonyl (C=O) groups excluding carboxylic acids is 1. The van der Waals surface area contributed by atoms with Crippen molar-refractivity contribution in [1.82, 2.24) is 0 Å². The highest BCUT2D eigenvalue weighted by Crippen LogP contribution is 2.76. The van der Waals surface area contributed by atoms with Crippen LogP contribution in [0, 0.1) is 22.2 Å². The van der Waals surface area contributed by atoms with Crippen molar-refractivity contribution >= 4 is 11.9 Å². The van der Waals surface area contributed by atoms with Crippen molar-refractivity contribution in [2.75, 3.05) is 0 Å². The Kier molecular flexibility index (Phi) is 4.62. The van der Waals surface area contributed by atoms with Crippen LogP contribution < -0.4 is 0 Å². The van der Waals surface area contributed by atoms with Crippen LogP contribution in [0.4, 0.5) is 0 Å². The first kappa shape index (κ1) is 17.7. The minimum atomic E-state index is -0.854. The van der Waals surface area contributed by atoms with Crippen LogP contribution in [-0.2, 0) is 14.3 Å². The molecule has 0 amide bonds. The third-order valence-corrected chi connectivity index (χ3v) is 5.01. The molecule has 0 aliphatic heterocycles. The summed E-state index contributed by atoms with van der Waals surface area (Å²) in [6.45, 7) is 13.5. The molecule has 21 heavy (non-hydrogen) atoms. The van der Waals surface area contributed by atoms with E-state index in [1.165, 1.54) is 6.08 Å². The summed E-state index contributed by atoms with van der Waals surface area (Å²) in [6.07, 6.45) is 3.73. The van der Waals surface area contributed by atoms with Crippen LogP contribution in [0.5, 0.6) is 0 Å². The molecular weight excluding hydrogens is 268 g/mol. The quantitative estimate of drug-likeness (QED) is 0.621. The van der Waals surface area contributed by atoms with Gasteiger partial charge < -0.3 is 9.84 Å². The molecule has 1 N–H and O–H groups in total. The van der Waals surface area contributed by atoms with E-state index in [0.717, 1.165) is 6.42 Å². The Balaban J connectivity index is 2.95. The highest BCUT2D eigenvalue weighted by molar-refractivity contribution is 5.85. The van der Waals surface area contributed by atoms with Gasteiger partial charge in [-0.05, 0) is 24.2 Å². The van der Waals surface area contributed by atoms with Gasteiger partial charge in [-0.15, -0.1) is 0 Å². The maximum absolute atomic E-state index is 11.9. The molecule has 0 spiro atoms. The molecule has 4 nitrogen and oxygen atoms in total. The number of aliphatic carboxylic acids is 1. The second kappa shape index (κ2) is 5.47. The molecule has 1 aliphatic carbocycles. The van der Waals surface area contributed by atoms with Crippen molar-refractivity contribution in [1.29, 1.82) is 0 Å². The zero-order chi connectivity index (χ0) is 16.6. The molecule has 1 fully saturated rings. The number of rotatable bonds is 5. The minimum absolute atomic E-state index is 0.124. The van der Waals surface area contributed by atoms with Gasteiger partial charge in [-0.25, -0.2) is 4.79 Å². The molecule has 0 radical (unpaired) electrons. The van der Waals surface area contributed by atoms with E-state index in [-0.39, 0.29) is 17.4 Å². The van der Waals surface area contributed by atoms with E-state index >= 15 is 0 Å². The Labute approximate surface area is 127 Å². The first-order valence-electron chi connectivity index (χ1n) is 7.55. The van der Waals surface area contributed by atoms with E-state index in [0.29, 0.717) is 0 Å². The Hall–Kier alpha value is -1.32. The average molecular weight is 296 g/mol. The minimum Gasteiger partial charge on any atom is -0.481 e. The van der Waals surface area contributed by atoms with E-state index in [9.17, 15) is 14.7 Å². The predicted octanol–water partition coefficient (Wildman–Crippen LogP) is 3.66. The number of carboxylic acids is 1. The second-order valence-corrected chi connectivity index (χ2v) is 7.58. The van der Waals surface area contributed by atoms with E-state index in [4.69, 9.17) is 4.74 Å². The monoisotopic (exact) mass is 296 g/mol. The fraction of sp³-hybridized carbons (Fsp3) is 0.765. The Morgan fingerprint density at radius 3 is 2.19 bits per heavy atom. The van der Waals surface area contributed by atoms with E-state index < -0.39 is 22.8 Å². The molecule has 0 aromatic carbocycles. The maximum Gasteiger partial charge on any atom is 0.330 e. The SMILES string of the molecule is CCC(C)OC(=O)/C=C\[C@H]1C(C)(C)[C@]1(C(=O)O)C(C)(C)C. The van der Waals surface area contributed by atoms with Gasteiger partial charge in [0.1, 0.15) is 0 Å². The molecule has 1 unspecified atom stereocenters. The summed E-state index contributed by atoms with van der Waals surface area (Å²) in [4.78, 5) is 23.6. The van der Waals surface area contributed by atoms with Crippen LogP contribution in [0.1, 0.15) is 54.9 Å². The molecule has 0 heterocycles. The lowest BCUT2D eigenvalue weighted by Gasteiger charge is -2.30. The summed E-state index contributed by atoms with van der Waals surface area (Å²) < 4.78 is 5.19. The third-order valence-electron chi connectivity index (χ3n) is 5.01. The van der Waals surface area contributed by atoms with Gasteiger partial charge in [0.05, 0.1) is 11.5 Å². The maximum atomic E-state index is 11.9. The van der Waals surface area contributed by atoms with E-state index in [1.807, 2.05) is 48.5 Å². The molecule has 1 aliphatic rings. The molecule has 0 bridgehead atoms. The number of hydrogen-bond donors (Lipinski definition) is 1. The van der Waals surface area contributed by atoms with Crippen molar-refractivity contribution in [2.24, 2.45) is 22.2 Å². The smallest absolute Gasteiger partial charge is 0.330 e. The van der Waals surface area contributed by atoms with Gasteiger partial charge in [-0.2, -0.15) is 0 Å². The largest absolute Gasteiger partial charge is 0.481 e. The lowest BCUT2D eigenvalue weighted by atomic mass is 9.72. The number of carboxylic acid groups (broad SMARTS) is 1. The van der Waals surface area contributed by atoms with Crippen molar-refractivity contribution in [3.8, 4) is 0 Å². The highest BCUT2D eigenvalue weighted by atomic mass is 16.5. The summed E-state index contributed by atoms with van der Waals surface area (Å²) in [5.74, 6) is -1.38. The van der Waals surface area contributed by atoms with Gasteiger partial charge in [-0.1, -0.05) is 47.6 Å². The number of carbonyl (C=O) groups is 2. The highest BCUT2D eigenvalue weighted by Gasteiger charge is 2.79. The fourth-order valence-corrected chi connectivity index (χ4v) is 3.85. The van der Waals surface area contributed by atoms with Crippen LogP contribution in [0.15, 0.2) is 12.2 Å². The van der Waals surface area contributed by atoms with Crippen LogP contribution in [0.3, 0.4) is 0 Å². The van der Waals surface area contributed by atoms with Gasteiger partial charge in [0, 0.05) is 12.0 Å².